The van der Waals surface area contributed by atoms with E-state index in [2.05, 4.69) is 182 Å². The number of carbonyl (C=O) groups excluding carboxylic acids is 1. The predicted octanol–water partition coefficient (Wildman–Crippen LogP) is 14.8. The molecule has 0 bridgehead atoms. The van der Waals surface area contributed by atoms with Gasteiger partial charge in [-0.1, -0.05) is 145 Å². The Labute approximate surface area is 548 Å². The normalized spacial score (nSPS) is 17.1. The fourth-order valence-electron chi connectivity index (χ4n) is 12.2. The Hall–Kier alpha value is -7.82. The van der Waals surface area contributed by atoms with E-state index in [9.17, 15) is 4.79 Å². The smallest absolute Gasteiger partial charge is 0.410 e. The molecule has 0 radical (unpaired) electrons. The van der Waals surface area contributed by atoms with E-state index in [-0.39, 0.29) is 29.3 Å². The number of amides is 1. The van der Waals surface area contributed by atoms with Crippen LogP contribution in [-0.4, -0.2) is 139 Å². The van der Waals surface area contributed by atoms with Crippen molar-refractivity contribution in [3.05, 3.63) is 166 Å². The number of aromatic nitrogens is 4. The number of piperazine rings is 1. The number of rotatable bonds is 20. The third-order valence-electron chi connectivity index (χ3n) is 19.5. The number of carbonyl (C=O) groups is 1. The van der Waals surface area contributed by atoms with Crippen LogP contribution in [0.25, 0.3) is 31.2 Å². The third-order valence-corrected chi connectivity index (χ3v) is 28.6. The Balaban J connectivity index is 0.000000206. The highest BCUT2D eigenvalue weighted by Crippen LogP contribution is 2.40. The average molecular weight is 1280 g/mol. The van der Waals surface area contributed by atoms with Crippen molar-refractivity contribution in [3.8, 4) is 12.0 Å². The Bertz CT molecular complexity index is 3720. The van der Waals surface area contributed by atoms with Crippen LogP contribution in [-0.2, 0) is 46.1 Å². The van der Waals surface area contributed by atoms with Crippen LogP contribution in [0.3, 0.4) is 0 Å². The summed E-state index contributed by atoms with van der Waals surface area (Å²) in [6, 6.07) is 40.2. The summed E-state index contributed by atoms with van der Waals surface area (Å²) >= 11 is 0. The summed E-state index contributed by atoms with van der Waals surface area (Å²) in [7, 11) is -3.63. The van der Waals surface area contributed by atoms with Gasteiger partial charge in [0.15, 0.2) is 16.6 Å². The topological polar surface area (TPSA) is 140 Å². The van der Waals surface area contributed by atoms with Crippen molar-refractivity contribution < 1.29 is 27.9 Å². The lowest BCUT2D eigenvalue weighted by atomic mass is 9.96. The Kier molecular flexibility index (Phi) is 21.8. The number of piperidine rings is 1. The van der Waals surface area contributed by atoms with E-state index < -0.39 is 22.7 Å². The van der Waals surface area contributed by atoms with Crippen LogP contribution < -0.4 is 29.1 Å². The van der Waals surface area contributed by atoms with Crippen molar-refractivity contribution in [2.75, 3.05) is 105 Å². The van der Waals surface area contributed by atoms with Gasteiger partial charge < -0.3 is 52.4 Å². The molecule has 5 aromatic carbocycles. The summed E-state index contributed by atoms with van der Waals surface area (Å²) < 4.78 is 30.9. The first-order valence-corrected chi connectivity index (χ1v) is 38.9. The van der Waals surface area contributed by atoms with Crippen molar-refractivity contribution in [2.45, 2.75) is 142 Å². The molecule has 4 aliphatic rings. The lowest BCUT2D eigenvalue weighted by Crippen LogP contribution is -2.57. The van der Waals surface area contributed by atoms with Crippen LogP contribution in [0.2, 0.25) is 36.3 Å². The number of hydrogen-bond acceptors (Lipinski definition) is 14. The molecule has 19 heteroatoms. The minimum Gasteiger partial charge on any atom is -0.463 e. The highest BCUT2D eigenvalue weighted by Gasteiger charge is 2.40. The van der Waals surface area contributed by atoms with Crippen molar-refractivity contribution in [1.82, 2.24) is 24.8 Å². The standard InChI is InChI=1S/C40H50N6O4Si.C33H45N5O2Si/c1-40(2,3)51(5,6)50-25-13-24-48-38-42-35-28-44(36-19-12-17-31-16-10-11-18-33(31)36)21-20-34(35)37(43-38)45-22-23-46(32(27-45)26-41-4)39(47)49-29-30-14-8-7-9-15-30;1-33(2,3)41(5,6)40-21-11-20-39-32-35-29-24-37(30-16-9-14-26-13-7-8-15-27(26)30)19-17-28(29)31(36-32)38-18-10-12-25(23-38)22-34-4/h7-12,14-19,32H,13,20-29H2,1-3,5-6H3;7-9,13-16,25H,10-12,17-24H2,1-3,5-6H3. The van der Waals surface area contributed by atoms with E-state index >= 15 is 0 Å². The third kappa shape index (κ3) is 16.3. The first kappa shape index (κ1) is 67.1. The molecule has 4 aliphatic heterocycles. The van der Waals surface area contributed by atoms with Gasteiger partial charge in [-0.15, -0.1) is 0 Å². The van der Waals surface area contributed by atoms with Crippen LogP contribution in [0.5, 0.6) is 12.0 Å². The molecule has 2 atom stereocenters. The minimum absolute atomic E-state index is 0.147. The van der Waals surface area contributed by atoms with Crippen LogP contribution in [0.1, 0.15) is 95.3 Å². The molecule has 17 nitrogen and oxygen atoms in total. The summed E-state index contributed by atoms with van der Waals surface area (Å²) in [6.07, 6.45) is 5.00. The maximum atomic E-state index is 13.3. The molecule has 2 aromatic heterocycles. The molecular formula is C73H95N11O6Si2. The molecule has 11 rings (SSSR count). The molecule has 92 heavy (non-hydrogen) atoms. The first-order valence-electron chi connectivity index (χ1n) is 33.1. The molecule has 0 spiro atoms. The lowest BCUT2D eigenvalue weighted by Gasteiger charge is -2.40. The Morgan fingerprint density at radius 2 is 1.04 bits per heavy atom. The summed E-state index contributed by atoms with van der Waals surface area (Å²) in [5, 5.41) is 5.28. The van der Waals surface area contributed by atoms with Gasteiger partial charge in [0.2, 0.25) is 13.1 Å². The lowest BCUT2D eigenvalue weighted by molar-refractivity contribution is 0.0788. The first-order chi connectivity index (χ1) is 44.2. The predicted molar refractivity (Wildman–Crippen MR) is 375 cm³/mol. The van der Waals surface area contributed by atoms with Gasteiger partial charge in [-0.05, 0) is 90.4 Å². The molecule has 7 aromatic rings. The number of anilines is 4. The molecule has 0 N–H and O–H groups in total. The van der Waals surface area contributed by atoms with E-state index in [0.29, 0.717) is 77.1 Å². The molecule has 2 fully saturated rings. The van der Waals surface area contributed by atoms with E-state index in [1.165, 1.54) is 38.5 Å². The molecule has 6 heterocycles. The zero-order chi connectivity index (χ0) is 65.0. The molecular weight excluding hydrogens is 1180 g/mol. The molecule has 0 saturated carbocycles. The highest BCUT2D eigenvalue weighted by molar-refractivity contribution is 6.74. The second-order valence-electron chi connectivity index (χ2n) is 27.9. The second kappa shape index (κ2) is 29.9. The van der Waals surface area contributed by atoms with Gasteiger partial charge in [-0.3, -0.25) is 4.90 Å². The summed E-state index contributed by atoms with van der Waals surface area (Å²) in [6.45, 7) is 47.3. The SMILES string of the molecule is [C-]#[N+]CC1CCCN(c2nc(OCCCO[Si](C)(C)C(C)(C)C)nc3c2CCN(c2cccc4ccccc24)C3)C1.[C-]#[N+]CC1CN(c2nc(OCCCO[Si](C)(C)C(C)(C)C)nc3c2CCN(c2cccc4ccccc24)C3)CCN1C(=O)OCc1ccccc1. The second-order valence-corrected chi connectivity index (χ2v) is 37.6. The maximum absolute atomic E-state index is 13.3. The summed E-state index contributed by atoms with van der Waals surface area (Å²) in [5.41, 5.74) is 7.68. The van der Waals surface area contributed by atoms with Crippen molar-refractivity contribution in [1.29, 1.82) is 0 Å². The summed E-state index contributed by atoms with van der Waals surface area (Å²) in [5.74, 6) is 2.23. The van der Waals surface area contributed by atoms with Crippen molar-refractivity contribution in [2.24, 2.45) is 5.92 Å². The van der Waals surface area contributed by atoms with Crippen LogP contribution in [0.4, 0.5) is 27.8 Å². The zero-order valence-electron chi connectivity index (χ0n) is 56.0. The number of benzene rings is 5. The monoisotopic (exact) mass is 1280 g/mol. The number of ether oxygens (including phenoxy) is 3. The Morgan fingerprint density at radius 3 is 1.55 bits per heavy atom. The van der Waals surface area contributed by atoms with Crippen LogP contribution in [0.15, 0.2) is 115 Å². The minimum atomic E-state index is -1.85. The zero-order valence-corrected chi connectivity index (χ0v) is 58.0. The van der Waals surface area contributed by atoms with Gasteiger partial charge in [-0.25, -0.2) is 17.9 Å². The van der Waals surface area contributed by atoms with Gasteiger partial charge in [-0.2, -0.15) is 19.9 Å². The number of nitrogens with zero attached hydrogens (tertiary/aromatic N) is 11. The highest BCUT2D eigenvalue weighted by atomic mass is 28.4. The largest absolute Gasteiger partial charge is 0.463 e. The molecule has 2 unspecified atom stereocenters. The molecule has 1 amide bonds. The van der Waals surface area contributed by atoms with Gasteiger partial charge in [0.05, 0.1) is 37.7 Å². The van der Waals surface area contributed by atoms with E-state index in [4.69, 9.17) is 56.1 Å². The summed E-state index contributed by atoms with van der Waals surface area (Å²) in [4.78, 5) is 51.8. The van der Waals surface area contributed by atoms with Crippen molar-refractivity contribution >= 4 is 67.3 Å². The van der Waals surface area contributed by atoms with E-state index in [0.717, 1.165) is 105 Å². The van der Waals surface area contributed by atoms with Crippen LogP contribution in [0, 0.1) is 19.1 Å². The van der Waals surface area contributed by atoms with Gasteiger partial charge >= 0.3 is 18.1 Å². The maximum Gasteiger partial charge on any atom is 0.410 e. The molecule has 0 aliphatic carbocycles. The number of hydrogen-bond donors (Lipinski definition) is 0. The van der Waals surface area contributed by atoms with Gasteiger partial charge in [0.1, 0.15) is 24.3 Å². The van der Waals surface area contributed by atoms with Gasteiger partial charge in [0.25, 0.3) is 0 Å². The molecule has 486 valence electrons. The average Bonchev–Trinajstić information content (AvgIpc) is 0.797. The fraction of sp³-hybridized carbons (Fsp3) is 0.493. The van der Waals surface area contributed by atoms with Crippen molar-refractivity contribution in [3.63, 3.8) is 0 Å². The van der Waals surface area contributed by atoms with Crippen LogP contribution >= 0.6 is 0 Å². The van der Waals surface area contributed by atoms with E-state index in [1.807, 2.05) is 30.3 Å². The van der Waals surface area contributed by atoms with E-state index in [1.54, 1.807) is 4.90 Å². The van der Waals surface area contributed by atoms with Gasteiger partial charge in [0, 0.05) is 111 Å². The quantitative estimate of drug-likeness (QED) is 0.0406. The number of fused-ring (bicyclic) bond motifs is 4. The fourth-order valence-corrected chi connectivity index (χ4v) is 14.4. The molecule has 2 saturated heterocycles. The Morgan fingerprint density at radius 1 is 0.554 bits per heavy atom.